The Morgan fingerprint density at radius 3 is 2.64 bits per heavy atom. The van der Waals surface area contributed by atoms with Gasteiger partial charge in [0.15, 0.2) is 0 Å². The second kappa shape index (κ2) is 2.91. The van der Waals surface area contributed by atoms with Gasteiger partial charge in [-0.25, -0.2) is 0 Å². The summed E-state index contributed by atoms with van der Waals surface area (Å²) in [4.78, 5) is 11.1. The van der Waals surface area contributed by atoms with Crippen LogP contribution in [0.2, 0.25) is 0 Å². The molecule has 1 aliphatic carbocycles. The Hall–Kier alpha value is -1.04. The van der Waals surface area contributed by atoms with Gasteiger partial charge in [0.1, 0.15) is 0 Å². The van der Waals surface area contributed by atoms with E-state index in [1.54, 1.807) is 0 Å². The molecular weight excluding hydrogens is 142 g/mol. The Balaban J connectivity index is 2.61. The highest BCUT2D eigenvalue weighted by molar-refractivity contribution is 5.78. The van der Waals surface area contributed by atoms with Crippen LogP contribution in [0.1, 0.15) is 25.7 Å². The van der Waals surface area contributed by atoms with Crippen LogP contribution in [-0.2, 0) is 9.53 Å². The molecule has 1 rings (SSSR count). The van der Waals surface area contributed by atoms with E-state index in [0.717, 1.165) is 19.3 Å². The fraction of sp³-hybridized carbons (Fsp3) is 0.750. The zero-order valence-electron chi connectivity index (χ0n) is 6.59. The monoisotopic (exact) mass is 153 g/mol. The Morgan fingerprint density at radius 1 is 1.73 bits per heavy atom. The van der Waals surface area contributed by atoms with Crippen molar-refractivity contribution in [3.63, 3.8) is 0 Å². The highest BCUT2D eigenvalue weighted by Crippen LogP contribution is 2.44. The number of methoxy groups -OCH3 is 1. The Labute approximate surface area is 66.0 Å². The summed E-state index contributed by atoms with van der Waals surface area (Å²) in [6.07, 6.45) is 2.97. The van der Waals surface area contributed by atoms with Crippen LogP contribution in [-0.4, -0.2) is 13.1 Å². The fourth-order valence-corrected chi connectivity index (χ4v) is 1.42. The number of hydrogen-bond acceptors (Lipinski definition) is 3. The van der Waals surface area contributed by atoms with Crippen molar-refractivity contribution >= 4 is 5.97 Å². The van der Waals surface area contributed by atoms with Crippen LogP contribution in [0.15, 0.2) is 0 Å². The molecule has 0 amide bonds. The first-order chi connectivity index (χ1) is 5.25. The number of rotatable bonds is 2. The molecule has 0 saturated heterocycles. The number of nitriles is 1. The summed E-state index contributed by atoms with van der Waals surface area (Å²) in [5.41, 5.74) is -0.441. The van der Waals surface area contributed by atoms with E-state index in [4.69, 9.17) is 5.26 Å². The van der Waals surface area contributed by atoms with Crippen LogP contribution in [0.5, 0.6) is 0 Å². The minimum absolute atomic E-state index is 0.217. The normalized spacial score (nSPS) is 19.6. The molecule has 1 fully saturated rings. The quantitative estimate of drug-likeness (QED) is 0.561. The molecule has 0 aromatic heterocycles. The number of nitrogens with zero attached hydrogens (tertiary/aromatic N) is 1. The maximum atomic E-state index is 11.1. The topological polar surface area (TPSA) is 50.1 Å². The molecule has 0 spiro atoms. The standard InChI is InChI=1S/C8H11NO2/c1-11-7(10)8(5-6-9)3-2-4-8/h2-5H2,1H3. The molecule has 0 bridgehead atoms. The fourth-order valence-electron chi connectivity index (χ4n) is 1.42. The largest absolute Gasteiger partial charge is 0.469 e. The molecule has 3 nitrogen and oxygen atoms in total. The minimum Gasteiger partial charge on any atom is -0.469 e. The predicted molar refractivity (Wildman–Crippen MR) is 38.5 cm³/mol. The summed E-state index contributed by atoms with van der Waals surface area (Å²) >= 11 is 0. The van der Waals surface area contributed by atoms with E-state index in [1.165, 1.54) is 7.11 Å². The van der Waals surface area contributed by atoms with Crippen LogP contribution in [0.25, 0.3) is 0 Å². The molecule has 0 atom stereocenters. The number of ether oxygens (including phenoxy) is 1. The van der Waals surface area contributed by atoms with E-state index in [0.29, 0.717) is 6.42 Å². The lowest BCUT2D eigenvalue weighted by Gasteiger charge is -2.36. The van der Waals surface area contributed by atoms with Crippen molar-refractivity contribution < 1.29 is 9.53 Å². The average Bonchev–Trinajstić information content (AvgIpc) is 1.95. The summed E-state index contributed by atoms with van der Waals surface area (Å²) < 4.78 is 4.62. The molecule has 0 aromatic carbocycles. The highest BCUT2D eigenvalue weighted by Gasteiger charge is 2.44. The second-order valence-electron chi connectivity index (χ2n) is 2.96. The second-order valence-corrected chi connectivity index (χ2v) is 2.96. The summed E-state index contributed by atoms with van der Waals surface area (Å²) in [6.45, 7) is 0. The van der Waals surface area contributed by atoms with Gasteiger partial charge < -0.3 is 4.74 Å². The lowest BCUT2D eigenvalue weighted by molar-refractivity contribution is -0.157. The first kappa shape index (κ1) is 8.06. The van der Waals surface area contributed by atoms with E-state index in [1.807, 2.05) is 6.07 Å². The van der Waals surface area contributed by atoms with Gasteiger partial charge in [0, 0.05) is 0 Å². The summed E-state index contributed by atoms with van der Waals surface area (Å²) in [7, 11) is 1.37. The predicted octanol–water partition coefficient (Wildman–Crippen LogP) is 1.24. The van der Waals surface area contributed by atoms with Crippen molar-refractivity contribution in [2.45, 2.75) is 25.7 Å². The van der Waals surface area contributed by atoms with Gasteiger partial charge >= 0.3 is 5.97 Å². The molecule has 1 aliphatic rings. The van der Waals surface area contributed by atoms with Crippen LogP contribution in [0, 0.1) is 16.7 Å². The van der Waals surface area contributed by atoms with Crippen molar-refractivity contribution in [3.8, 4) is 6.07 Å². The maximum absolute atomic E-state index is 11.1. The first-order valence-electron chi connectivity index (χ1n) is 3.70. The number of esters is 1. The molecule has 0 aliphatic heterocycles. The van der Waals surface area contributed by atoms with Gasteiger partial charge in [-0.3, -0.25) is 4.79 Å². The van der Waals surface area contributed by atoms with E-state index < -0.39 is 5.41 Å². The Morgan fingerprint density at radius 2 is 2.36 bits per heavy atom. The van der Waals surface area contributed by atoms with Crippen LogP contribution >= 0.6 is 0 Å². The van der Waals surface area contributed by atoms with Crippen LogP contribution in [0.3, 0.4) is 0 Å². The van der Waals surface area contributed by atoms with Crippen molar-refractivity contribution in [3.05, 3.63) is 0 Å². The molecular formula is C8H11NO2. The molecule has 0 N–H and O–H groups in total. The molecule has 1 saturated carbocycles. The van der Waals surface area contributed by atoms with E-state index in [-0.39, 0.29) is 5.97 Å². The first-order valence-corrected chi connectivity index (χ1v) is 3.70. The minimum atomic E-state index is -0.441. The number of carbonyl (C=O) groups excluding carboxylic acids is 1. The van der Waals surface area contributed by atoms with E-state index in [2.05, 4.69) is 4.74 Å². The van der Waals surface area contributed by atoms with E-state index >= 15 is 0 Å². The third-order valence-corrected chi connectivity index (χ3v) is 2.35. The van der Waals surface area contributed by atoms with Crippen LogP contribution < -0.4 is 0 Å². The van der Waals surface area contributed by atoms with Crippen LogP contribution in [0.4, 0.5) is 0 Å². The van der Waals surface area contributed by atoms with Crippen molar-refractivity contribution in [2.24, 2.45) is 5.41 Å². The average molecular weight is 153 g/mol. The van der Waals surface area contributed by atoms with Gasteiger partial charge in [-0.05, 0) is 12.8 Å². The summed E-state index contributed by atoms with van der Waals surface area (Å²) in [5, 5.41) is 8.45. The van der Waals surface area contributed by atoms with Gasteiger partial charge in [-0.2, -0.15) is 5.26 Å². The van der Waals surface area contributed by atoms with Gasteiger partial charge in [0.25, 0.3) is 0 Å². The molecule has 0 aromatic rings. The number of hydrogen-bond donors (Lipinski definition) is 0. The lowest BCUT2D eigenvalue weighted by Crippen LogP contribution is -2.38. The molecule has 0 heterocycles. The zero-order valence-corrected chi connectivity index (χ0v) is 6.59. The smallest absolute Gasteiger partial charge is 0.312 e. The summed E-state index contributed by atoms with van der Waals surface area (Å²) in [6, 6.07) is 2.02. The van der Waals surface area contributed by atoms with Crippen molar-refractivity contribution in [2.75, 3.05) is 7.11 Å². The third kappa shape index (κ3) is 1.21. The number of carbonyl (C=O) groups is 1. The van der Waals surface area contributed by atoms with Crippen molar-refractivity contribution in [1.82, 2.24) is 0 Å². The van der Waals surface area contributed by atoms with Crippen molar-refractivity contribution in [1.29, 1.82) is 5.26 Å². The Bertz CT molecular complexity index is 201. The van der Waals surface area contributed by atoms with E-state index in [9.17, 15) is 4.79 Å². The highest BCUT2D eigenvalue weighted by atomic mass is 16.5. The Kier molecular flexibility index (Phi) is 2.13. The van der Waals surface area contributed by atoms with Gasteiger partial charge in [-0.15, -0.1) is 0 Å². The molecule has 60 valence electrons. The van der Waals surface area contributed by atoms with Gasteiger partial charge in [0.05, 0.1) is 25.0 Å². The van der Waals surface area contributed by atoms with Gasteiger partial charge in [0.2, 0.25) is 0 Å². The molecule has 11 heavy (non-hydrogen) atoms. The molecule has 0 radical (unpaired) electrons. The zero-order chi connectivity index (χ0) is 8.32. The third-order valence-electron chi connectivity index (χ3n) is 2.35. The maximum Gasteiger partial charge on any atom is 0.312 e. The molecule has 3 heteroatoms. The lowest BCUT2D eigenvalue weighted by atomic mass is 9.67. The SMILES string of the molecule is COC(=O)C1(CC#N)CCC1. The molecule has 0 unspecified atom stereocenters. The van der Waals surface area contributed by atoms with Gasteiger partial charge in [-0.1, -0.05) is 6.42 Å². The summed E-state index contributed by atoms with van der Waals surface area (Å²) in [5.74, 6) is -0.217.